The molecule has 0 saturated carbocycles. The average molecular weight is 404 g/mol. The van der Waals surface area contributed by atoms with Crippen LogP contribution in [0.4, 0.5) is 5.69 Å². The zero-order valence-corrected chi connectivity index (χ0v) is 16.9. The van der Waals surface area contributed by atoms with E-state index in [2.05, 4.69) is 31.2 Å². The summed E-state index contributed by atoms with van der Waals surface area (Å²) in [7, 11) is -1.75. The molecule has 0 aliphatic carbocycles. The van der Waals surface area contributed by atoms with Crippen molar-refractivity contribution < 1.29 is 17.7 Å². The minimum atomic E-state index is -3.67. The Morgan fingerprint density at radius 2 is 1.63 bits per heavy atom. The van der Waals surface area contributed by atoms with Crippen LogP contribution in [-0.2, 0) is 10.1 Å². The predicted octanol–water partition coefficient (Wildman–Crippen LogP) is 4.45. The molecule has 3 aromatic rings. The Morgan fingerprint density at radius 3 is 2.26 bits per heavy atom. The molecule has 0 heterocycles. The highest BCUT2D eigenvalue weighted by Crippen LogP contribution is 2.22. The van der Waals surface area contributed by atoms with Gasteiger partial charge in [0.15, 0.2) is 0 Å². The van der Waals surface area contributed by atoms with E-state index in [0.717, 1.165) is 16.8 Å². The number of thiocarbonyl (C=S) groups is 1. The summed E-state index contributed by atoms with van der Waals surface area (Å²) in [6, 6.07) is 22.3. The highest BCUT2D eigenvalue weighted by Gasteiger charge is 2.09. The second kappa shape index (κ2) is 8.94. The lowest BCUT2D eigenvalue weighted by atomic mass is 10.1. The first-order chi connectivity index (χ1) is 12.6. The molecular formula is C20H21NO4S2. The molecule has 142 valence electrons. The maximum atomic E-state index is 9.19. The zero-order valence-electron chi connectivity index (χ0n) is 15.3. The fourth-order valence-corrected chi connectivity index (χ4v) is 2.54. The number of ether oxygens (including phenoxy) is 1. The maximum absolute atomic E-state index is 9.19. The first kappa shape index (κ1) is 20.8. The van der Waals surface area contributed by atoms with Crippen molar-refractivity contribution in [2.24, 2.45) is 0 Å². The van der Waals surface area contributed by atoms with Crippen molar-refractivity contribution in [2.45, 2.75) is 6.92 Å². The molecule has 0 amide bonds. The molecule has 5 nitrogen and oxygen atoms in total. The first-order valence-electron chi connectivity index (χ1n) is 8.07. The molecule has 0 bridgehead atoms. The summed E-state index contributed by atoms with van der Waals surface area (Å²) in [5.41, 5.74) is 2.21. The highest BCUT2D eigenvalue weighted by atomic mass is 32.2. The standard InChI is InChI=1S/C19H17NOS.CH4O3S/c1-14-6-5-9-17(12-14)20(2)19(22)21-18-11-10-15-7-3-4-8-16(15)13-18;1-5(2,3)4/h3-13H,1-2H3;1H3,(H,2,3,4). The number of nitrogens with zero attached hydrogens (tertiary/aromatic N) is 1. The summed E-state index contributed by atoms with van der Waals surface area (Å²) < 4.78 is 31.7. The van der Waals surface area contributed by atoms with Gasteiger partial charge in [0.2, 0.25) is 0 Å². The summed E-state index contributed by atoms with van der Waals surface area (Å²) in [6.07, 6.45) is 0.715. The van der Waals surface area contributed by atoms with Gasteiger partial charge in [-0.1, -0.05) is 42.5 Å². The smallest absolute Gasteiger partial charge is 0.269 e. The maximum Gasteiger partial charge on any atom is 0.269 e. The molecule has 0 spiro atoms. The molecule has 0 aromatic heterocycles. The van der Waals surface area contributed by atoms with E-state index in [1.54, 1.807) is 0 Å². The SMILES string of the molecule is CS(=O)(=O)O.Cc1cccc(N(C)C(=S)Oc2ccc3ccccc3c2)c1. The van der Waals surface area contributed by atoms with Crippen LogP contribution in [0.1, 0.15) is 5.56 Å². The van der Waals surface area contributed by atoms with Gasteiger partial charge in [0.25, 0.3) is 15.3 Å². The van der Waals surface area contributed by atoms with E-state index in [9.17, 15) is 8.42 Å². The fourth-order valence-electron chi connectivity index (χ4n) is 2.34. The summed E-state index contributed by atoms with van der Waals surface area (Å²) in [4.78, 5) is 1.87. The van der Waals surface area contributed by atoms with Gasteiger partial charge in [-0.15, -0.1) is 0 Å². The topological polar surface area (TPSA) is 66.8 Å². The number of fused-ring (bicyclic) bond motifs is 1. The molecule has 1 N–H and O–H groups in total. The lowest BCUT2D eigenvalue weighted by Crippen LogP contribution is -2.29. The Balaban J connectivity index is 0.000000465. The average Bonchev–Trinajstić information content (AvgIpc) is 2.59. The fraction of sp³-hybridized carbons (Fsp3) is 0.150. The number of benzene rings is 3. The third-order valence-corrected chi connectivity index (χ3v) is 3.95. The van der Waals surface area contributed by atoms with Crippen LogP contribution < -0.4 is 9.64 Å². The van der Waals surface area contributed by atoms with Crippen molar-refractivity contribution in [3.63, 3.8) is 0 Å². The molecule has 0 fully saturated rings. The third-order valence-electron chi connectivity index (χ3n) is 3.59. The lowest BCUT2D eigenvalue weighted by Gasteiger charge is -2.20. The molecule has 0 radical (unpaired) electrons. The van der Waals surface area contributed by atoms with Crippen molar-refractivity contribution in [3.05, 3.63) is 72.3 Å². The molecule has 0 aliphatic rings. The van der Waals surface area contributed by atoms with Gasteiger partial charge in [-0.25, -0.2) is 0 Å². The highest BCUT2D eigenvalue weighted by molar-refractivity contribution is 7.85. The quantitative estimate of drug-likeness (QED) is 0.504. The van der Waals surface area contributed by atoms with Crippen LogP contribution in [0.25, 0.3) is 10.8 Å². The van der Waals surface area contributed by atoms with Crippen molar-refractivity contribution in [3.8, 4) is 5.75 Å². The van der Waals surface area contributed by atoms with Gasteiger partial charge < -0.3 is 9.64 Å². The van der Waals surface area contributed by atoms with Gasteiger partial charge in [-0.3, -0.25) is 4.55 Å². The van der Waals surface area contributed by atoms with Gasteiger partial charge in [-0.2, -0.15) is 8.42 Å². The van der Waals surface area contributed by atoms with E-state index in [4.69, 9.17) is 21.5 Å². The van der Waals surface area contributed by atoms with Crippen LogP contribution in [0.2, 0.25) is 0 Å². The second-order valence-corrected chi connectivity index (χ2v) is 7.82. The van der Waals surface area contributed by atoms with Gasteiger partial charge in [0, 0.05) is 12.7 Å². The van der Waals surface area contributed by atoms with Gasteiger partial charge in [-0.05, 0) is 59.7 Å². The van der Waals surface area contributed by atoms with E-state index in [-0.39, 0.29) is 0 Å². The molecule has 3 rings (SSSR count). The van der Waals surface area contributed by atoms with Crippen LogP contribution in [0, 0.1) is 6.92 Å². The Kier molecular flexibility index (Phi) is 6.90. The lowest BCUT2D eigenvalue weighted by molar-refractivity contribution is 0.490. The van der Waals surface area contributed by atoms with Crippen LogP contribution in [0.15, 0.2) is 66.7 Å². The third kappa shape index (κ3) is 6.97. The predicted molar refractivity (Wildman–Crippen MR) is 114 cm³/mol. The largest absolute Gasteiger partial charge is 0.432 e. The number of anilines is 1. The molecule has 3 aromatic carbocycles. The van der Waals surface area contributed by atoms with Crippen molar-refractivity contribution in [1.29, 1.82) is 0 Å². The van der Waals surface area contributed by atoms with E-state index in [1.807, 2.05) is 54.4 Å². The number of rotatable bonds is 2. The van der Waals surface area contributed by atoms with Crippen LogP contribution in [0.3, 0.4) is 0 Å². The van der Waals surface area contributed by atoms with Crippen molar-refractivity contribution in [2.75, 3.05) is 18.2 Å². The molecule has 0 saturated heterocycles. The molecule has 27 heavy (non-hydrogen) atoms. The summed E-state index contributed by atoms with van der Waals surface area (Å²) in [6.45, 7) is 2.06. The number of hydrogen-bond donors (Lipinski definition) is 1. The van der Waals surface area contributed by atoms with E-state index in [1.165, 1.54) is 10.9 Å². The molecular weight excluding hydrogens is 382 g/mol. The molecule has 0 atom stereocenters. The monoisotopic (exact) mass is 403 g/mol. The Hall–Kier alpha value is -2.48. The van der Waals surface area contributed by atoms with E-state index >= 15 is 0 Å². The van der Waals surface area contributed by atoms with Crippen molar-refractivity contribution >= 4 is 44.0 Å². The Labute approximate surface area is 164 Å². The van der Waals surface area contributed by atoms with Gasteiger partial charge in [0.05, 0.1) is 6.26 Å². The number of hydrogen-bond acceptors (Lipinski definition) is 4. The van der Waals surface area contributed by atoms with Gasteiger partial charge in [0.1, 0.15) is 5.75 Å². The van der Waals surface area contributed by atoms with E-state index in [0.29, 0.717) is 11.4 Å². The zero-order chi connectivity index (χ0) is 20.0. The van der Waals surface area contributed by atoms with Crippen LogP contribution in [-0.4, -0.2) is 31.4 Å². The van der Waals surface area contributed by atoms with Crippen LogP contribution >= 0.6 is 12.2 Å². The molecule has 7 heteroatoms. The van der Waals surface area contributed by atoms with Gasteiger partial charge >= 0.3 is 0 Å². The Morgan fingerprint density at radius 1 is 1.00 bits per heavy atom. The van der Waals surface area contributed by atoms with Crippen molar-refractivity contribution in [1.82, 2.24) is 0 Å². The minimum absolute atomic E-state index is 0.431. The second-order valence-electron chi connectivity index (χ2n) is 6.01. The van der Waals surface area contributed by atoms with Crippen LogP contribution in [0.5, 0.6) is 5.75 Å². The Bertz CT molecular complexity index is 1040. The summed E-state index contributed by atoms with van der Waals surface area (Å²) in [5.74, 6) is 0.753. The first-order valence-corrected chi connectivity index (χ1v) is 10.3. The van der Waals surface area contributed by atoms with E-state index < -0.39 is 10.1 Å². The summed E-state index contributed by atoms with van der Waals surface area (Å²) in [5, 5.41) is 2.76. The molecule has 0 aliphatic heterocycles. The minimum Gasteiger partial charge on any atom is -0.432 e. The molecule has 0 unspecified atom stereocenters. The summed E-state index contributed by atoms with van der Waals surface area (Å²) >= 11 is 5.41. The normalized spacial score (nSPS) is 10.7. The number of aryl methyl sites for hydroxylation is 1.